The minimum atomic E-state index is 1.18. The van der Waals surface area contributed by atoms with E-state index < -0.39 is 0 Å². The number of rotatable bonds is 3. The van der Waals surface area contributed by atoms with Crippen molar-refractivity contribution in [2.75, 3.05) is 0 Å². The van der Waals surface area contributed by atoms with Gasteiger partial charge in [-0.3, -0.25) is 0 Å². The zero-order chi connectivity index (χ0) is 32.8. The van der Waals surface area contributed by atoms with Gasteiger partial charge in [-0.2, -0.15) is 0 Å². The van der Waals surface area contributed by atoms with Gasteiger partial charge in [0.05, 0.1) is 27.8 Å². The van der Waals surface area contributed by atoms with Gasteiger partial charge < -0.3 is 9.13 Å². The third-order valence-electron chi connectivity index (χ3n) is 10.7. The topological polar surface area (TPSA) is 9.86 Å². The molecule has 0 aliphatic carbocycles. The van der Waals surface area contributed by atoms with Crippen molar-refractivity contribution in [2.45, 2.75) is 0 Å². The van der Waals surface area contributed by atoms with E-state index in [0.717, 1.165) is 0 Å². The normalized spacial score (nSPS) is 12.0. The van der Waals surface area contributed by atoms with Crippen LogP contribution in [-0.4, -0.2) is 9.13 Å². The van der Waals surface area contributed by atoms with Crippen molar-refractivity contribution in [1.82, 2.24) is 9.13 Å². The van der Waals surface area contributed by atoms with E-state index in [9.17, 15) is 0 Å². The smallest absolute Gasteiger partial charge is 0.0547 e. The Kier molecular flexibility index (Phi) is 5.70. The van der Waals surface area contributed by atoms with Gasteiger partial charge in [-0.25, -0.2) is 0 Å². The summed E-state index contributed by atoms with van der Waals surface area (Å²) in [5.74, 6) is 0. The number of hydrogen-bond acceptors (Lipinski definition) is 0. The molecule has 0 spiro atoms. The number of para-hydroxylation sites is 1. The third-order valence-corrected chi connectivity index (χ3v) is 10.7. The van der Waals surface area contributed by atoms with Gasteiger partial charge in [-0.15, -0.1) is 0 Å². The van der Waals surface area contributed by atoms with E-state index in [1.54, 1.807) is 0 Å². The van der Waals surface area contributed by atoms with Crippen LogP contribution in [0.25, 0.3) is 98.4 Å². The molecule has 0 unspecified atom stereocenters. The Bertz CT molecular complexity index is 3150. The lowest BCUT2D eigenvalue weighted by Crippen LogP contribution is -1.95. The van der Waals surface area contributed by atoms with Crippen LogP contribution in [0.5, 0.6) is 0 Å². The number of benzene rings is 9. The summed E-state index contributed by atoms with van der Waals surface area (Å²) in [7, 11) is 0. The molecule has 0 amide bonds. The van der Waals surface area contributed by atoms with Gasteiger partial charge in [0.2, 0.25) is 0 Å². The maximum atomic E-state index is 2.46. The highest BCUT2D eigenvalue weighted by Crippen LogP contribution is 2.41. The largest absolute Gasteiger partial charge is 0.309 e. The fourth-order valence-electron chi connectivity index (χ4n) is 8.38. The SMILES string of the molecule is c1ccc2cc(-n3c4ccccc4c4cc(-c5ccc6c(c5)c5c7ccccc7ccc5n6-c5cccc6ccccc56)ccc43)ccc2c1. The first kappa shape index (κ1) is 27.3. The average Bonchev–Trinajstić information content (AvgIpc) is 3.70. The summed E-state index contributed by atoms with van der Waals surface area (Å²) in [6, 6.07) is 66.8. The fourth-order valence-corrected chi connectivity index (χ4v) is 8.38. The van der Waals surface area contributed by atoms with Crippen LogP contribution in [0.3, 0.4) is 0 Å². The quantitative estimate of drug-likeness (QED) is 0.183. The molecule has 0 aliphatic heterocycles. The van der Waals surface area contributed by atoms with E-state index in [4.69, 9.17) is 0 Å². The predicted octanol–water partition coefficient (Wildman–Crippen LogP) is 13.0. The lowest BCUT2D eigenvalue weighted by Gasteiger charge is -2.12. The molecule has 11 aromatic rings. The summed E-state index contributed by atoms with van der Waals surface area (Å²) in [4.78, 5) is 0. The van der Waals surface area contributed by atoms with E-state index in [2.05, 4.69) is 191 Å². The summed E-state index contributed by atoms with van der Waals surface area (Å²) in [6.07, 6.45) is 0. The van der Waals surface area contributed by atoms with Crippen molar-refractivity contribution >= 4 is 75.9 Å². The standard InChI is InChI=1S/C48H30N2/c1-2-13-34-28-37(24-20-31(34)10-1)49-44-18-8-7-17-40(44)41-29-35(22-25-45(41)49)36-23-26-46-42(30-36)48-39-16-6-4-12-33(39)21-27-47(48)50(46)43-19-9-14-32-11-3-5-15-38(32)43/h1-30H. The average molecular weight is 635 g/mol. The molecular weight excluding hydrogens is 605 g/mol. The summed E-state index contributed by atoms with van der Waals surface area (Å²) < 4.78 is 4.87. The Morgan fingerprint density at radius 3 is 1.66 bits per heavy atom. The van der Waals surface area contributed by atoms with E-state index in [1.165, 1.54) is 98.4 Å². The second-order valence-corrected chi connectivity index (χ2v) is 13.4. The van der Waals surface area contributed by atoms with Crippen molar-refractivity contribution in [3.63, 3.8) is 0 Å². The van der Waals surface area contributed by atoms with Crippen LogP contribution < -0.4 is 0 Å². The van der Waals surface area contributed by atoms with Gasteiger partial charge >= 0.3 is 0 Å². The molecule has 11 rings (SSSR count). The molecule has 0 atom stereocenters. The molecule has 2 heteroatoms. The fraction of sp³-hybridized carbons (Fsp3) is 0. The highest BCUT2D eigenvalue weighted by molar-refractivity contribution is 6.22. The summed E-state index contributed by atoms with van der Waals surface area (Å²) in [5, 5.41) is 12.6. The molecule has 0 N–H and O–H groups in total. The molecule has 0 aliphatic rings. The lowest BCUT2D eigenvalue weighted by atomic mass is 9.99. The second kappa shape index (κ2) is 10.4. The highest BCUT2D eigenvalue weighted by Gasteiger charge is 2.18. The molecule has 9 aromatic carbocycles. The maximum Gasteiger partial charge on any atom is 0.0547 e. The first-order valence-electron chi connectivity index (χ1n) is 17.3. The minimum absolute atomic E-state index is 1.18. The molecule has 2 aromatic heterocycles. The van der Waals surface area contributed by atoms with Crippen molar-refractivity contribution in [1.29, 1.82) is 0 Å². The number of nitrogens with zero attached hydrogens (tertiary/aromatic N) is 2. The zero-order valence-corrected chi connectivity index (χ0v) is 27.2. The molecule has 0 saturated heterocycles. The van der Waals surface area contributed by atoms with Crippen molar-refractivity contribution in [3.05, 3.63) is 182 Å². The Hall–Kier alpha value is -6.64. The predicted molar refractivity (Wildman–Crippen MR) is 213 cm³/mol. The second-order valence-electron chi connectivity index (χ2n) is 13.4. The van der Waals surface area contributed by atoms with Gasteiger partial charge in [0.15, 0.2) is 0 Å². The van der Waals surface area contributed by atoms with E-state index in [0.29, 0.717) is 0 Å². The Balaban J connectivity index is 1.16. The molecule has 0 bridgehead atoms. The van der Waals surface area contributed by atoms with Crippen LogP contribution in [0.15, 0.2) is 182 Å². The first-order valence-corrected chi connectivity index (χ1v) is 17.3. The van der Waals surface area contributed by atoms with Crippen molar-refractivity contribution < 1.29 is 0 Å². The highest BCUT2D eigenvalue weighted by atomic mass is 15.0. The van der Waals surface area contributed by atoms with Crippen LogP contribution in [0.1, 0.15) is 0 Å². The molecular formula is C48H30N2. The molecule has 2 nitrogen and oxygen atoms in total. The van der Waals surface area contributed by atoms with Crippen LogP contribution in [0, 0.1) is 0 Å². The van der Waals surface area contributed by atoms with Crippen LogP contribution in [-0.2, 0) is 0 Å². The van der Waals surface area contributed by atoms with Crippen molar-refractivity contribution in [2.24, 2.45) is 0 Å². The van der Waals surface area contributed by atoms with Gasteiger partial charge in [0.25, 0.3) is 0 Å². The van der Waals surface area contributed by atoms with Crippen LogP contribution in [0.4, 0.5) is 0 Å². The molecule has 50 heavy (non-hydrogen) atoms. The lowest BCUT2D eigenvalue weighted by molar-refractivity contribution is 1.19. The number of fused-ring (bicyclic) bond motifs is 10. The Labute approximate surface area is 288 Å². The first-order chi connectivity index (χ1) is 24.8. The van der Waals surface area contributed by atoms with E-state index in [1.807, 2.05) is 0 Å². The monoisotopic (exact) mass is 634 g/mol. The van der Waals surface area contributed by atoms with E-state index in [-0.39, 0.29) is 0 Å². The molecule has 232 valence electrons. The molecule has 2 heterocycles. The summed E-state index contributed by atoms with van der Waals surface area (Å²) in [5.41, 5.74) is 9.68. The maximum absolute atomic E-state index is 2.46. The van der Waals surface area contributed by atoms with Crippen molar-refractivity contribution in [3.8, 4) is 22.5 Å². The van der Waals surface area contributed by atoms with Gasteiger partial charge in [0.1, 0.15) is 0 Å². The number of hydrogen-bond donors (Lipinski definition) is 0. The zero-order valence-electron chi connectivity index (χ0n) is 27.2. The molecule has 0 fully saturated rings. The van der Waals surface area contributed by atoms with Gasteiger partial charge in [-0.1, -0.05) is 127 Å². The van der Waals surface area contributed by atoms with Gasteiger partial charge in [-0.05, 0) is 92.7 Å². The van der Waals surface area contributed by atoms with Crippen LogP contribution in [0.2, 0.25) is 0 Å². The molecule has 0 radical (unpaired) electrons. The van der Waals surface area contributed by atoms with Crippen LogP contribution >= 0.6 is 0 Å². The minimum Gasteiger partial charge on any atom is -0.309 e. The molecule has 0 saturated carbocycles. The van der Waals surface area contributed by atoms with Gasteiger partial charge in [0, 0.05) is 32.6 Å². The van der Waals surface area contributed by atoms with E-state index >= 15 is 0 Å². The summed E-state index contributed by atoms with van der Waals surface area (Å²) in [6.45, 7) is 0. The number of aromatic nitrogens is 2. The summed E-state index contributed by atoms with van der Waals surface area (Å²) >= 11 is 0. The Morgan fingerprint density at radius 2 is 0.840 bits per heavy atom. The Morgan fingerprint density at radius 1 is 0.280 bits per heavy atom. The third kappa shape index (κ3) is 3.90.